The number of rotatable bonds is 4. The minimum Gasteiger partial charge on any atom is -0.496 e. The second-order valence-corrected chi connectivity index (χ2v) is 5.10. The maximum Gasteiger partial charge on any atom is 0.335 e. The van der Waals surface area contributed by atoms with E-state index >= 15 is 0 Å². The van der Waals surface area contributed by atoms with E-state index in [1.165, 1.54) is 19.2 Å². The van der Waals surface area contributed by atoms with E-state index in [2.05, 4.69) is 21.2 Å². The van der Waals surface area contributed by atoms with E-state index in [-0.39, 0.29) is 11.5 Å². The summed E-state index contributed by atoms with van der Waals surface area (Å²) in [5.74, 6) is -0.991. The molecule has 0 heterocycles. The van der Waals surface area contributed by atoms with Crippen molar-refractivity contribution in [3.8, 4) is 5.75 Å². The zero-order chi connectivity index (χ0) is 15.4. The zero-order valence-electron chi connectivity index (χ0n) is 11.1. The van der Waals surface area contributed by atoms with Crippen LogP contribution in [0, 0.1) is 0 Å². The van der Waals surface area contributed by atoms with Crippen molar-refractivity contribution in [3.63, 3.8) is 0 Å². The highest BCUT2D eigenvalue weighted by Crippen LogP contribution is 2.22. The summed E-state index contributed by atoms with van der Waals surface area (Å²) in [7, 11) is 1.48. The molecule has 108 valence electrons. The van der Waals surface area contributed by atoms with Crippen molar-refractivity contribution in [2.24, 2.45) is 0 Å². The summed E-state index contributed by atoms with van der Waals surface area (Å²) in [5, 5.41) is 11.7. The van der Waals surface area contributed by atoms with E-state index in [0.29, 0.717) is 21.5 Å². The first-order valence-corrected chi connectivity index (χ1v) is 6.79. The Morgan fingerprint density at radius 1 is 1.19 bits per heavy atom. The second-order valence-electron chi connectivity index (χ2n) is 4.19. The van der Waals surface area contributed by atoms with Gasteiger partial charge in [-0.25, -0.2) is 4.79 Å². The largest absolute Gasteiger partial charge is 0.496 e. The number of para-hydroxylation sites is 1. The molecule has 0 aliphatic carbocycles. The van der Waals surface area contributed by atoms with Crippen molar-refractivity contribution in [3.05, 3.63) is 58.1 Å². The first-order valence-electron chi connectivity index (χ1n) is 5.99. The van der Waals surface area contributed by atoms with Crippen molar-refractivity contribution >= 4 is 33.5 Å². The molecular weight excluding hydrogens is 338 g/mol. The maximum absolute atomic E-state index is 12.2. The highest BCUT2D eigenvalue weighted by atomic mass is 79.9. The number of hydrogen-bond acceptors (Lipinski definition) is 3. The van der Waals surface area contributed by atoms with Crippen LogP contribution in [0.15, 0.2) is 46.9 Å². The molecule has 0 unspecified atom stereocenters. The number of carboxylic acids is 1. The predicted octanol–water partition coefficient (Wildman–Crippen LogP) is 3.41. The number of carbonyl (C=O) groups is 2. The molecule has 2 N–H and O–H groups in total. The van der Waals surface area contributed by atoms with Gasteiger partial charge in [-0.1, -0.05) is 28.1 Å². The van der Waals surface area contributed by atoms with E-state index in [0.717, 1.165) is 0 Å². The van der Waals surface area contributed by atoms with Gasteiger partial charge in [0.2, 0.25) is 0 Å². The molecule has 0 spiro atoms. The fraction of sp³-hybridized carbons (Fsp3) is 0.0667. The minimum absolute atomic E-state index is 0.0831. The smallest absolute Gasteiger partial charge is 0.335 e. The molecule has 0 bridgehead atoms. The molecule has 0 saturated carbocycles. The number of hydrogen-bond donors (Lipinski definition) is 2. The first kappa shape index (κ1) is 15.1. The Balaban J connectivity index is 2.29. The van der Waals surface area contributed by atoms with Crippen LogP contribution in [0.25, 0.3) is 0 Å². The third-order valence-corrected chi connectivity index (χ3v) is 3.21. The fourth-order valence-electron chi connectivity index (χ4n) is 1.82. The van der Waals surface area contributed by atoms with Gasteiger partial charge in [-0.05, 0) is 30.3 Å². The summed E-state index contributed by atoms with van der Waals surface area (Å²) < 4.78 is 5.69. The molecular formula is C15H12BrNO4. The lowest BCUT2D eigenvalue weighted by atomic mass is 10.1. The molecule has 2 aromatic carbocycles. The van der Waals surface area contributed by atoms with E-state index in [1.807, 2.05) is 0 Å². The number of carbonyl (C=O) groups excluding carboxylic acids is 1. The topological polar surface area (TPSA) is 75.6 Å². The normalized spacial score (nSPS) is 10.0. The molecule has 0 radical (unpaired) electrons. The van der Waals surface area contributed by atoms with Gasteiger partial charge < -0.3 is 15.2 Å². The van der Waals surface area contributed by atoms with Gasteiger partial charge in [-0.2, -0.15) is 0 Å². The van der Waals surface area contributed by atoms with Crippen LogP contribution in [0.5, 0.6) is 5.75 Å². The van der Waals surface area contributed by atoms with E-state index < -0.39 is 5.97 Å². The number of benzene rings is 2. The van der Waals surface area contributed by atoms with Crippen molar-refractivity contribution < 1.29 is 19.4 Å². The van der Waals surface area contributed by atoms with Crippen LogP contribution >= 0.6 is 15.9 Å². The Kier molecular flexibility index (Phi) is 4.59. The first-order chi connectivity index (χ1) is 10.0. The molecule has 0 fully saturated rings. The van der Waals surface area contributed by atoms with Gasteiger partial charge in [0.15, 0.2) is 0 Å². The molecule has 6 heteroatoms. The van der Waals surface area contributed by atoms with Crippen LogP contribution in [0.2, 0.25) is 0 Å². The monoisotopic (exact) mass is 349 g/mol. The Hall–Kier alpha value is -2.34. The number of ether oxygens (including phenoxy) is 1. The van der Waals surface area contributed by atoms with Gasteiger partial charge in [0.05, 0.1) is 18.2 Å². The molecule has 2 rings (SSSR count). The summed E-state index contributed by atoms with van der Waals surface area (Å²) in [6, 6.07) is 11.3. The van der Waals surface area contributed by atoms with Crippen LogP contribution < -0.4 is 10.1 Å². The molecule has 2 aromatic rings. The van der Waals surface area contributed by atoms with Crippen molar-refractivity contribution in [1.29, 1.82) is 0 Å². The number of halogens is 1. The summed E-state index contributed by atoms with van der Waals surface area (Å²) in [6.45, 7) is 0. The standard InChI is InChI=1S/C15H12BrNO4/c1-21-13-5-3-2-4-12(13)14(18)17-11-7-9(15(19)20)6-10(16)8-11/h2-8H,1H3,(H,17,18)(H,19,20). The third-order valence-electron chi connectivity index (χ3n) is 2.75. The average Bonchev–Trinajstić information content (AvgIpc) is 2.46. The number of aromatic carboxylic acids is 1. The van der Waals surface area contributed by atoms with Gasteiger partial charge >= 0.3 is 5.97 Å². The van der Waals surface area contributed by atoms with Gasteiger partial charge in [0, 0.05) is 10.2 Å². The van der Waals surface area contributed by atoms with Crippen LogP contribution in [0.1, 0.15) is 20.7 Å². The molecule has 1 amide bonds. The number of amides is 1. The Morgan fingerprint density at radius 2 is 1.90 bits per heavy atom. The van der Waals surface area contributed by atoms with Crippen molar-refractivity contribution in [2.75, 3.05) is 12.4 Å². The Bertz CT molecular complexity index is 700. The SMILES string of the molecule is COc1ccccc1C(=O)Nc1cc(Br)cc(C(=O)O)c1. The summed E-state index contributed by atoms with van der Waals surface area (Å²) >= 11 is 3.22. The number of methoxy groups -OCH3 is 1. The molecule has 0 atom stereocenters. The van der Waals surface area contributed by atoms with Gasteiger partial charge in [-0.3, -0.25) is 4.79 Å². The maximum atomic E-state index is 12.2. The molecule has 5 nitrogen and oxygen atoms in total. The lowest BCUT2D eigenvalue weighted by molar-refractivity contribution is 0.0696. The summed E-state index contributed by atoms with van der Waals surface area (Å²) in [5.41, 5.74) is 0.842. The van der Waals surface area contributed by atoms with Gasteiger partial charge in [0.1, 0.15) is 5.75 Å². The molecule has 0 aromatic heterocycles. The van der Waals surface area contributed by atoms with E-state index in [9.17, 15) is 9.59 Å². The van der Waals surface area contributed by atoms with Crippen LogP contribution in [0.4, 0.5) is 5.69 Å². The van der Waals surface area contributed by atoms with E-state index in [1.54, 1.807) is 30.3 Å². The minimum atomic E-state index is -1.07. The third kappa shape index (κ3) is 3.61. The Morgan fingerprint density at radius 3 is 2.57 bits per heavy atom. The summed E-state index contributed by atoms with van der Waals surface area (Å²) in [4.78, 5) is 23.2. The quantitative estimate of drug-likeness (QED) is 0.886. The number of nitrogens with one attached hydrogen (secondary N) is 1. The molecule has 0 aliphatic rings. The van der Waals surface area contributed by atoms with Crippen LogP contribution in [-0.2, 0) is 0 Å². The van der Waals surface area contributed by atoms with Gasteiger partial charge in [0.25, 0.3) is 5.91 Å². The fourth-order valence-corrected chi connectivity index (χ4v) is 2.31. The number of carboxylic acid groups (broad SMARTS) is 1. The highest BCUT2D eigenvalue weighted by molar-refractivity contribution is 9.10. The molecule has 0 saturated heterocycles. The summed E-state index contributed by atoms with van der Waals surface area (Å²) in [6.07, 6.45) is 0. The predicted molar refractivity (Wildman–Crippen MR) is 82.0 cm³/mol. The lowest BCUT2D eigenvalue weighted by Gasteiger charge is -2.10. The van der Waals surface area contributed by atoms with Gasteiger partial charge in [-0.15, -0.1) is 0 Å². The average molecular weight is 350 g/mol. The highest BCUT2D eigenvalue weighted by Gasteiger charge is 2.13. The van der Waals surface area contributed by atoms with Crippen molar-refractivity contribution in [2.45, 2.75) is 0 Å². The van der Waals surface area contributed by atoms with Crippen molar-refractivity contribution in [1.82, 2.24) is 0 Å². The van der Waals surface area contributed by atoms with Crippen LogP contribution in [-0.4, -0.2) is 24.1 Å². The zero-order valence-corrected chi connectivity index (χ0v) is 12.7. The Labute approximate surface area is 129 Å². The van der Waals surface area contributed by atoms with E-state index in [4.69, 9.17) is 9.84 Å². The second kappa shape index (κ2) is 6.41. The number of anilines is 1. The lowest BCUT2D eigenvalue weighted by Crippen LogP contribution is -2.13. The molecule has 21 heavy (non-hydrogen) atoms. The van der Waals surface area contributed by atoms with Crippen LogP contribution in [0.3, 0.4) is 0 Å². The molecule has 0 aliphatic heterocycles.